The normalized spacial score (nSPS) is 23.5. The van der Waals surface area contributed by atoms with Crippen LogP contribution in [-0.2, 0) is 18.0 Å². The van der Waals surface area contributed by atoms with Crippen molar-refractivity contribution in [2.75, 3.05) is 26.2 Å². The highest BCUT2D eigenvalue weighted by atomic mass is 16.5. The second-order valence-electron chi connectivity index (χ2n) is 6.70. The SMILES string of the molecule is O=C(c1ccc2c(c1)COC2)N1CCC2(CCNC2)CC1. The van der Waals surface area contributed by atoms with Gasteiger partial charge in [0.1, 0.15) is 0 Å². The summed E-state index contributed by atoms with van der Waals surface area (Å²) in [6, 6.07) is 6.02. The highest BCUT2D eigenvalue weighted by molar-refractivity contribution is 5.94. The number of benzene rings is 1. The van der Waals surface area contributed by atoms with Gasteiger partial charge in [-0.2, -0.15) is 0 Å². The van der Waals surface area contributed by atoms with Gasteiger partial charge in [-0.15, -0.1) is 0 Å². The molecular formula is C17H22N2O2. The molecule has 1 aromatic carbocycles. The number of amides is 1. The van der Waals surface area contributed by atoms with Gasteiger partial charge >= 0.3 is 0 Å². The van der Waals surface area contributed by atoms with Gasteiger partial charge in [-0.1, -0.05) is 6.07 Å². The Bertz CT molecular complexity index is 554. The zero-order chi connectivity index (χ0) is 14.3. The van der Waals surface area contributed by atoms with E-state index in [9.17, 15) is 4.79 Å². The number of piperidine rings is 1. The number of nitrogens with zero attached hydrogens (tertiary/aromatic N) is 1. The van der Waals surface area contributed by atoms with Gasteiger partial charge in [0.25, 0.3) is 5.91 Å². The molecule has 0 aliphatic carbocycles. The maximum atomic E-state index is 12.7. The monoisotopic (exact) mass is 286 g/mol. The molecule has 112 valence electrons. The van der Waals surface area contributed by atoms with Crippen LogP contribution in [0.5, 0.6) is 0 Å². The number of likely N-dealkylation sites (tertiary alicyclic amines) is 1. The minimum absolute atomic E-state index is 0.186. The highest BCUT2D eigenvalue weighted by Crippen LogP contribution is 2.37. The van der Waals surface area contributed by atoms with E-state index < -0.39 is 0 Å². The van der Waals surface area contributed by atoms with Crippen LogP contribution in [0.4, 0.5) is 0 Å². The Balaban J connectivity index is 1.46. The Hall–Kier alpha value is -1.39. The number of nitrogens with one attached hydrogen (secondary N) is 1. The average Bonchev–Trinajstić information content (AvgIpc) is 3.16. The van der Waals surface area contributed by atoms with Crippen molar-refractivity contribution in [2.45, 2.75) is 32.5 Å². The van der Waals surface area contributed by atoms with Crippen LogP contribution in [0.15, 0.2) is 18.2 Å². The van der Waals surface area contributed by atoms with Crippen molar-refractivity contribution in [3.63, 3.8) is 0 Å². The summed E-state index contributed by atoms with van der Waals surface area (Å²) in [5.74, 6) is 0.186. The molecule has 3 aliphatic heterocycles. The predicted molar refractivity (Wildman–Crippen MR) is 80.0 cm³/mol. The van der Waals surface area contributed by atoms with Crippen molar-refractivity contribution in [3.05, 3.63) is 34.9 Å². The van der Waals surface area contributed by atoms with E-state index in [4.69, 9.17) is 4.74 Å². The summed E-state index contributed by atoms with van der Waals surface area (Å²) in [6.07, 6.45) is 3.55. The van der Waals surface area contributed by atoms with E-state index in [2.05, 4.69) is 5.32 Å². The smallest absolute Gasteiger partial charge is 0.253 e. The first-order valence-corrected chi connectivity index (χ1v) is 7.95. The van der Waals surface area contributed by atoms with Crippen LogP contribution < -0.4 is 5.32 Å². The Labute approximate surface area is 125 Å². The molecular weight excluding hydrogens is 264 g/mol. The van der Waals surface area contributed by atoms with Crippen LogP contribution in [0.2, 0.25) is 0 Å². The molecule has 0 bridgehead atoms. The van der Waals surface area contributed by atoms with E-state index in [0.717, 1.165) is 44.6 Å². The molecule has 3 aliphatic rings. The fraction of sp³-hybridized carbons (Fsp3) is 0.588. The van der Waals surface area contributed by atoms with Crippen LogP contribution in [0.1, 0.15) is 40.7 Å². The molecule has 3 heterocycles. The van der Waals surface area contributed by atoms with Gasteiger partial charge in [-0.25, -0.2) is 0 Å². The van der Waals surface area contributed by atoms with Crippen LogP contribution in [-0.4, -0.2) is 37.0 Å². The standard InChI is InChI=1S/C17H22N2O2/c20-16(13-1-2-14-10-21-11-15(14)9-13)19-7-4-17(5-8-19)3-6-18-12-17/h1-2,9,18H,3-8,10-12H2. The van der Waals surface area contributed by atoms with Gasteiger partial charge < -0.3 is 15.0 Å². The van der Waals surface area contributed by atoms with Crippen molar-refractivity contribution in [2.24, 2.45) is 5.41 Å². The molecule has 1 amide bonds. The third-order valence-corrected chi connectivity index (χ3v) is 5.41. The molecule has 2 saturated heterocycles. The first kappa shape index (κ1) is 13.3. The fourth-order valence-electron chi connectivity index (χ4n) is 3.89. The largest absolute Gasteiger partial charge is 0.372 e. The van der Waals surface area contributed by atoms with Crippen LogP contribution in [0, 0.1) is 5.41 Å². The number of rotatable bonds is 1. The van der Waals surface area contributed by atoms with Crippen LogP contribution >= 0.6 is 0 Å². The Kier molecular flexibility index (Phi) is 3.23. The van der Waals surface area contributed by atoms with Crippen LogP contribution in [0.3, 0.4) is 0 Å². The Morgan fingerprint density at radius 3 is 2.71 bits per heavy atom. The van der Waals surface area contributed by atoms with Crippen molar-refractivity contribution in [1.29, 1.82) is 0 Å². The molecule has 2 fully saturated rings. The average molecular weight is 286 g/mol. The molecule has 4 heteroatoms. The zero-order valence-corrected chi connectivity index (χ0v) is 12.4. The summed E-state index contributed by atoms with van der Waals surface area (Å²) in [5, 5.41) is 3.47. The van der Waals surface area contributed by atoms with E-state index in [-0.39, 0.29) is 5.91 Å². The maximum Gasteiger partial charge on any atom is 0.253 e. The predicted octanol–water partition coefficient (Wildman–Crippen LogP) is 1.93. The molecule has 21 heavy (non-hydrogen) atoms. The van der Waals surface area contributed by atoms with Crippen LogP contribution in [0.25, 0.3) is 0 Å². The second-order valence-corrected chi connectivity index (χ2v) is 6.70. The fourth-order valence-corrected chi connectivity index (χ4v) is 3.89. The van der Waals surface area contributed by atoms with E-state index in [1.807, 2.05) is 23.1 Å². The minimum Gasteiger partial charge on any atom is -0.372 e. The van der Waals surface area contributed by atoms with Gasteiger partial charge in [0.2, 0.25) is 0 Å². The third-order valence-electron chi connectivity index (χ3n) is 5.41. The number of carbonyl (C=O) groups excluding carboxylic acids is 1. The van der Waals surface area contributed by atoms with Gasteiger partial charge in [-0.3, -0.25) is 4.79 Å². The molecule has 0 radical (unpaired) electrons. The van der Waals surface area contributed by atoms with E-state index in [1.54, 1.807) is 0 Å². The lowest BCUT2D eigenvalue weighted by Gasteiger charge is -2.39. The number of hydrogen-bond acceptors (Lipinski definition) is 3. The Morgan fingerprint density at radius 2 is 1.95 bits per heavy atom. The molecule has 1 N–H and O–H groups in total. The molecule has 1 aromatic rings. The summed E-state index contributed by atoms with van der Waals surface area (Å²) in [7, 11) is 0. The molecule has 4 nitrogen and oxygen atoms in total. The first-order chi connectivity index (χ1) is 10.3. The van der Waals surface area contributed by atoms with E-state index in [1.165, 1.54) is 17.5 Å². The Morgan fingerprint density at radius 1 is 1.14 bits per heavy atom. The number of carbonyl (C=O) groups is 1. The van der Waals surface area contributed by atoms with E-state index >= 15 is 0 Å². The summed E-state index contributed by atoms with van der Waals surface area (Å²) in [6.45, 7) is 5.39. The van der Waals surface area contributed by atoms with Crippen molar-refractivity contribution in [1.82, 2.24) is 10.2 Å². The van der Waals surface area contributed by atoms with Gasteiger partial charge in [0, 0.05) is 25.2 Å². The third kappa shape index (κ3) is 2.36. The summed E-state index contributed by atoms with van der Waals surface area (Å²) in [4.78, 5) is 14.7. The lowest BCUT2D eigenvalue weighted by atomic mass is 9.78. The number of ether oxygens (including phenoxy) is 1. The molecule has 0 unspecified atom stereocenters. The molecule has 1 spiro atoms. The number of hydrogen-bond donors (Lipinski definition) is 1. The van der Waals surface area contributed by atoms with E-state index in [0.29, 0.717) is 18.6 Å². The lowest BCUT2D eigenvalue weighted by molar-refractivity contribution is 0.0607. The van der Waals surface area contributed by atoms with Crippen molar-refractivity contribution in [3.8, 4) is 0 Å². The quantitative estimate of drug-likeness (QED) is 0.858. The van der Waals surface area contributed by atoms with Crippen molar-refractivity contribution >= 4 is 5.91 Å². The highest BCUT2D eigenvalue weighted by Gasteiger charge is 2.38. The maximum absolute atomic E-state index is 12.7. The second kappa shape index (κ2) is 5.11. The first-order valence-electron chi connectivity index (χ1n) is 7.95. The molecule has 0 saturated carbocycles. The molecule has 4 rings (SSSR count). The summed E-state index contributed by atoms with van der Waals surface area (Å²) in [5.41, 5.74) is 3.68. The zero-order valence-electron chi connectivity index (χ0n) is 12.4. The van der Waals surface area contributed by atoms with Gasteiger partial charge in [-0.05, 0) is 54.5 Å². The number of fused-ring (bicyclic) bond motifs is 1. The minimum atomic E-state index is 0.186. The van der Waals surface area contributed by atoms with Gasteiger partial charge in [0.15, 0.2) is 0 Å². The van der Waals surface area contributed by atoms with Crippen molar-refractivity contribution < 1.29 is 9.53 Å². The molecule has 0 atom stereocenters. The molecule has 0 aromatic heterocycles. The van der Waals surface area contributed by atoms with Gasteiger partial charge in [0.05, 0.1) is 13.2 Å². The topological polar surface area (TPSA) is 41.6 Å². The summed E-state index contributed by atoms with van der Waals surface area (Å²) >= 11 is 0. The lowest BCUT2D eigenvalue weighted by Crippen LogP contribution is -2.44. The summed E-state index contributed by atoms with van der Waals surface area (Å²) < 4.78 is 5.43.